The van der Waals surface area contributed by atoms with Gasteiger partial charge in [-0.3, -0.25) is 0 Å². The second kappa shape index (κ2) is 6.04. The maximum absolute atomic E-state index is 5.46. The molecule has 1 aromatic heterocycles. The summed E-state index contributed by atoms with van der Waals surface area (Å²) in [5.74, 6) is 1.38. The molecule has 0 unspecified atom stereocenters. The minimum absolute atomic E-state index is 0.603. The summed E-state index contributed by atoms with van der Waals surface area (Å²) in [5, 5.41) is 6.55. The molecule has 118 valence electrons. The van der Waals surface area contributed by atoms with Crippen LogP contribution < -0.4 is 10.2 Å². The van der Waals surface area contributed by atoms with Gasteiger partial charge in [-0.1, -0.05) is 42.5 Å². The number of nitrogens with one attached hydrogen (secondary N) is 2. The summed E-state index contributed by atoms with van der Waals surface area (Å²) < 4.78 is 5.46. The van der Waals surface area contributed by atoms with Crippen LogP contribution in [0.1, 0.15) is 5.56 Å². The van der Waals surface area contributed by atoms with Crippen LogP contribution in [0.25, 0.3) is 21.8 Å². The lowest BCUT2D eigenvalue weighted by Crippen LogP contribution is -1.96. The molecule has 0 saturated heterocycles. The fraction of sp³-hybridized carbons (Fsp3) is 0.0526. The lowest BCUT2D eigenvalue weighted by atomic mass is 10.0. The van der Waals surface area contributed by atoms with E-state index in [2.05, 4.69) is 32.6 Å². The number of anilines is 1. The highest BCUT2D eigenvalue weighted by Crippen LogP contribution is 2.26. The Morgan fingerprint density at radius 1 is 1.04 bits per heavy atom. The Balaban J connectivity index is 1.66. The number of ether oxygens (including phenoxy) is 1. The number of hydrogen-bond donors (Lipinski definition) is 2. The summed E-state index contributed by atoms with van der Waals surface area (Å²) >= 11 is 0. The van der Waals surface area contributed by atoms with E-state index in [1.807, 2.05) is 48.5 Å². The van der Waals surface area contributed by atoms with Crippen LogP contribution in [0.2, 0.25) is 0 Å². The van der Waals surface area contributed by atoms with Crippen LogP contribution in [0.4, 0.5) is 5.95 Å². The molecule has 0 saturated carbocycles. The van der Waals surface area contributed by atoms with Crippen molar-refractivity contribution in [3.8, 4) is 5.75 Å². The zero-order chi connectivity index (χ0) is 16.4. The standard InChI is InChI=1S/C19H16N4O/c1-24-18-11-10-13-6-2-3-7-14(13)15(18)12-20-23-19-21-16-8-4-5-9-17(16)22-19/h2-12H,1H3,(H2,21,22,23)/b20-12-. The monoisotopic (exact) mass is 316 g/mol. The number of rotatable bonds is 4. The molecule has 0 aliphatic heterocycles. The number of imidazole rings is 1. The first kappa shape index (κ1) is 14.3. The van der Waals surface area contributed by atoms with Gasteiger partial charge in [-0.15, -0.1) is 0 Å². The lowest BCUT2D eigenvalue weighted by Gasteiger charge is -2.08. The van der Waals surface area contributed by atoms with Crippen molar-refractivity contribution in [1.82, 2.24) is 9.97 Å². The van der Waals surface area contributed by atoms with E-state index >= 15 is 0 Å². The van der Waals surface area contributed by atoms with Crippen molar-refractivity contribution in [2.45, 2.75) is 0 Å². The number of hydrogen-bond acceptors (Lipinski definition) is 4. The van der Waals surface area contributed by atoms with Gasteiger partial charge >= 0.3 is 0 Å². The van der Waals surface area contributed by atoms with Gasteiger partial charge in [0.1, 0.15) is 5.75 Å². The minimum atomic E-state index is 0.603. The smallest absolute Gasteiger partial charge is 0.222 e. The molecule has 0 bridgehead atoms. The SMILES string of the molecule is COc1ccc2ccccc2c1/C=N\Nc1nc2ccccc2[nH]1. The number of H-pyrrole nitrogens is 1. The van der Waals surface area contributed by atoms with Gasteiger partial charge in [-0.05, 0) is 29.0 Å². The molecule has 1 heterocycles. The van der Waals surface area contributed by atoms with E-state index in [-0.39, 0.29) is 0 Å². The van der Waals surface area contributed by atoms with Gasteiger partial charge < -0.3 is 9.72 Å². The van der Waals surface area contributed by atoms with Crippen molar-refractivity contribution in [2.75, 3.05) is 12.5 Å². The summed E-state index contributed by atoms with van der Waals surface area (Å²) in [6.07, 6.45) is 1.76. The second-order valence-corrected chi connectivity index (χ2v) is 5.38. The number of para-hydroxylation sites is 2. The maximum Gasteiger partial charge on any atom is 0.222 e. The van der Waals surface area contributed by atoms with E-state index in [0.717, 1.165) is 33.1 Å². The Morgan fingerprint density at radius 2 is 1.88 bits per heavy atom. The van der Waals surface area contributed by atoms with Gasteiger partial charge in [0.2, 0.25) is 5.95 Å². The van der Waals surface area contributed by atoms with Crippen LogP contribution in [0.15, 0.2) is 65.8 Å². The van der Waals surface area contributed by atoms with E-state index in [1.165, 1.54) is 0 Å². The zero-order valence-corrected chi connectivity index (χ0v) is 13.2. The van der Waals surface area contributed by atoms with Crippen molar-refractivity contribution in [3.63, 3.8) is 0 Å². The Bertz CT molecular complexity index is 1000. The number of nitrogens with zero attached hydrogens (tertiary/aromatic N) is 2. The normalized spacial score (nSPS) is 11.4. The van der Waals surface area contributed by atoms with E-state index in [0.29, 0.717) is 5.95 Å². The summed E-state index contributed by atoms with van der Waals surface area (Å²) in [6, 6.07) is 20.0. The minimum Gasteiger partial charge on any atom is -0.496 e. The molecule has 0 atom stereocenters. The molecule has 4 rings (SSSR count). The largest absolute Gasteiger partial charge is 0.496 e. The summed E-state index contributed by atoms with van der Waals surface area (Å²) in [5.41, 5.74) is 5.75. The Kier molecular flexibility index (Phi) is 3.59. The average molecular weight is 316 g/mol. The lowest BCUT2D eigenvalue weighted by molar-refractivity contribution is 0.415. The number of fused-ring (bicyclic) bond motifs is 2. The Labute approximate surface area is 139 Å². The summed E-state index contributed by atoms with van der Waals surface area (Å²) in [4.78, 5) is 7.62. The van der Waals surface area contributed by atoms with Gasteiger partial charge in [0.25, 0.3) is 0 Å². The van der Waals surface area contributed by atoms with Gasteiger partial charge in [0.05, 0.1) is 24.4 Å². The summed E-state index contributed by atoms with van der Waals surface area (Å²) in [6.45, 7) is 0. The molecule has 5 heteroatoms. The van der Waals surface area contributed by atoms with Crippen molar-refractivity contribution >= 4 is 34.0 Å². The topological polar surface area (TPSA) is 62.3 Å². The molecule has 2 N–H and O–H groups in total. The number of aromatic amines is 1. The fourth-order valence-electron chi connectivity index (χ4n) is 2.75. The molecule has 4 aromatic rings. The molecule has 0 aliphatic carbocycles. The summed E-state index contributed by atoms with van der Waals surface area (Å²) in [7, 11) is 1.66. The predicted octanol–water partition coefficient (Wildman–Crippen LogP) is 4.17. The molecule has 0 aliphatic rings. The van der Waals surface area contributed by atoms with E-state index in [9.17, 15) is 0 Å². The van der Waals surface area contributed by atoms with E-state index in [4.69, 9.17) is 4.74 Å². The molecular weight excluding hydrogens is 300 g/mol. The first-order valence-corrected chi connectivity index (χ1v) is 7.65. The van der Waals surface area contributed by atoms with E-state index in [1.54, 1.807) is 13.3 Å². The quantitative estimate of drug-likeness (QED) is 0.439. The molecule has 0 spiro atoms. The van der Waals surface area contributed by atoms with Gasteiger partial charge in [-0.2, -0.15) is 5.10 Å². The highest BCUT2D eigenvalue weighted by Gasteiger charge is 2.06. The third kappa shape index (κ3) is 2.56. The van der Waals surface area contributed by atoms with Crippen LogP contribution in [0.5, 0.6) is 5.75 Å². The predicted molar refractivity (Wildman–Crippen MR) is 97.8 cm³/mol. The van der Waals surface area contributed by atoms with Crippen LogP contribution in [0, 0.1) is 0 Å². The Morgan fingerprint density at radius 3 is 2.75 bits per heavy atom. The maximum atomic E-state index is 5.46. The molecular formula is C19H16N4O. The molecule has 5 nitrogen and oxygen atoms in total. The van der Waals surface area contributed by atoms with Gasteiger partial charge in [0.15, 0.2) is 0 Å². The first-order chi connectivity index (χ1) is 11.8. The number of hydrazone groups is 1. The number of aromatic nitrogens is 2. The van der Waals surface area contributed by atoms with Gasteiger partial charge in [0, 0.05) is 5.56 Å². The van der Waals surface area contributed by atoms with Crippen molar-refractivity contribution in [2.24, 2.45) is 5.10 Å². The molecule has 0 radical (unpaired) electrons. The average Bonchev–Trinajstić information content (AvgIpc) is 3.04. The molecule has 0 fully saturated rings. The molecule has 3 aromatic carbocycles. The van der Waals surface area contributed by atoms with Crippen LogP contribution in [-0.2, 0) is 0 Å². The Hall–Kier alpha value is -3.34. The number of methoxy groups -OCH3 is 1. The fourth-order valence-corrected chi connectivity index (χ4v) is 2.75. The molecule has 0 amide bonds. The second-order valence-electron chi connectivity index (χ2n) is 5.38. The van der Waals surface area contributed by atoms with Crippen molar-refractivity contribution < 1.29 is 4.74 Å². The van der Waals surface area contributed by atoms with E-state index < -0.39 is 0 Å². The highest BCUT2D eigenvalue weighted by atomic mass is 16.5. The molecule has 24 heavy (non-hydrogen) atoms. The van der Waals surface area contributed by atoms with Crippen molar-refractivity contribution in [3.05, 3.63) is 66.2 Å². The van der Waals surface area contributed by atoms with Crippen molar-refractivity contribution in [1.29, 1.82) is 0 Å². The highest BCUT2D eigenvalue weighted by molar-refractivity contribution is 6.02. The van der Waals surface area contributed by atoms with Crippen LogP contribution in [-0.4, -0.2) is 23.3 Å². The van der Waals surface area contributed by atoms with Crippen LogP contribution >= 0.6 is 0 Å². The third-order valence-electron chi connectivity index (χ3n) is 3.90. The van der Waals surface area contributed by atoms with Gasteiger partial charge in [-0.25, -0.2) is 10.4 Å². The number of benzene rings is 3. The zero-order valence-electron chi connectivity index (χ0n) is 13.2. The van der Waals surface area contributed by atoms with Crippen LogP contribution in [0.3, 0.4) is 0 Å². The third-order valence-corrected chi connectivity index (χ3v) is 3.90. The first-order valence-electron chi connectivity index (χ1n) is 7.65.